The van der Waals surface area contributed by atoms with Gasteiger partial charge in [-0.2, -0.15) is 5.10 Å². The Balaban J connectivity index is 1.53. The summed E-state index contributed by atoms with van der Waals surface area (Å²) in [6.07, 6.45) is 4.76. The third kappa shape index (κ3) is 3.79. The SMILES string of the molecule is COc1cc(/C=N\n2cnnc2)ccc1OCc1cccc2ccccc12. The van der Waals surface area contributed by atoms with Crippen molar-refractivity contribution in [3.63, 3.8) is 0 Å². The average Bonchev–Trinajstić information content (AvgIpc) is 3.24. The number of ether oxygens (including phenoxy) is 2. The molecule has 0 radical (unpaired) electrons. The second-order valence-electron chi connectivity index (χ2n) is 5.92. The van der Waals surface area contributed by atoms with Crippen LogP contribution in [0.15, 0.2) is 78.4 Å². The lowest BCUT2D eigenvalue weighted by atomic mass is 10.1. The van der Waals surface area contributed by atoms with Crippen LogP contribution < -0.4 is 9.47 Å². The van der Waals surface area contributed by atoms with E-state index in [1.165, 1.54) is 28.1 Å². The van der Waals surface area contributed by atoms with Crippen molar-refractivity contribution in [2.24, 2.45) is 5.10 Å². The Labute approximate surface area is 156 Å². The third-order valence-electron chi connectivity index (χ3n) is 4.20. The van der Waals surface area contributed by atoms with E-state index >= 15 is 0 Å². The topological polar surface area (TPSA) is 61.5 Å². The van der Waals surface area contributed by atoms with Crippen LogP contribution in [0.4, 0.5) is 0 Å². The largest absolute Gasteiger partial charge is 0.493 e. The molecule has 0 amide bonds. The van der Waals surface area contributed by atoms with Crippen molar-refractivity contribution in [1.82, 2.24) is 14.9 Å². The summed E-state index contributed by atoms with van der Waals surface area (Å²) in [7, 11) is 1.63. The molecule has 27 heavy (non-hydrogen) atoms. The van der Waals surface area contributed by atoms with Gasteiger partial charge in [-0.05, 0) is 40.1 Å². The normalized spacial score (nSPS) is 11.1. The minimum atomic E-state index is 0.464. The molecule has 0 spiro atoms. The minimum absolute atomic E-state index is 0.464. The number of aromatic nitrogens is 3. The Morgan fingerprint density at radius 3 is 2.63 bits per heavy atom. The van der Waals surface area contributed by atoms with Crippen molar-refractivity contribution in [2.45, 2.75) is 6.61 Å². The van der Waals surface area contributed by atoms with Crippen molar-refractivity contribution in [3.8, 4) is 11.5 Å². The first-order valence-electron chi connectivity index (χ1n) is 8.50. The van der Waals surface area contributed by atoms with E-state index in [9.17, 15) is 0 Å². The molecule has 0 aliphatic carbocycles. The molecule has 0 aliphatic heterocycles. The summed E-state index contributed by atoms with van der Waals surface area (Å²) in [6, 6.07) is 20.2. The van der Waals surface area contributed by atoms with Crippen LogP contribution in [0.3, 0.4) is 0 Å². The fourth-order valence-electron chi connectivity index (χ4n) is 2.85. The van der Waals surface area contributed by atoms with E-state index < -0.39 is 0 Å². The molecule has 0 saturated carbocycles. The zero-order valence-electron chi connectivity index (χ0n) is 14.8. The van der Waals surface area contributed by atoms with Gasteiger partial charge < -0.3 is 9.47 Å². The monoisotopic (exact) mass is 358 g/mol. The number of hydrogen-bond donors (Lipinski definition) is 0. The Bertz CT molecular complexity index is 1070. The van der Waals surface area contributed by atoms with Crippen molar-refractivity contribution >= 4 is 17.0 Å². The van der Waals surface area contributed by atoms with Gasteiger partial charge in [0.05, 0.1) is 13.3 Å². The van der Waals surface area contributed by atoms with Gasteiger partial charge in [-0.15, -0.1) is 10.2 Å². The number of hydrogen-bond acceptors (Lipinski definition) is 5. The third-order valence-corrected chi connectivity index (χ3v) is 4.20. The van der Waals surface area contributed by atoms with Crippen LogP contribution in [0.25, 0.3) is 10.8 Å². The van der Waals surface area contributed by atoms with Crippen molar-refractivity contribution in [1.29, 1.82) is 0 Å². The Morgan fingerprint density at radius 2 is 1.78 bits per heavy atom. The van der Waals surface area contributed by atoms with Gasteiger partial charge in [0.15, 0.2) is 11.5 Å². The molecule has 4 aromatic rings. The fourth-order valence-corrected chi connectivity index (χ4v) is 2.85. The van der Waals surface area contributed by atoms with Gasteiger partial charge in [0, 0.05) is 0 Å². The van der Waals surface area contributed by atoms with Crippen molar-refractivity contribution in [2.75, 3.05) is 7.11 Å². The average molecular weight is 358 g/mol. The highest BCUT2D eigenvalue weighted by atomic mass is 16.5. The number of fused-ring (bicyclic) bond motifs is 1. The second-order valence-corrected chi connectivity index (χ2v) is 5.92. The van der Waals surface area contributed by atoms with Gasteiger partial charge in [0.25, 0.3) is 0 Å². The van der Waals surface area contributed by atoms with E-state index in [2.05, 4.69) is 39.6 Å². The van der Waals surface area contributed by atoms with Gasteiger partial charge >= 0.3 is 0 Å². The summed E-state index contributed by atoms with van der Waals surface area (Å²) in [5, 5.41) is 14.1. The van der Waals surface area contributed by atoms with E-state index in [4.69, 9.17) is 9.47 Å². The molecule has 0 atom stereocenters. The summed E-state index contributed by atoms with van der Waals surface area (Å²) in [6.45, 7) is 0.464. The molecule has 134 valence electrons. The summed E-state index contributed by atoms with van der Waals surface area (Å²) in [5.74, 6) is 1.34. The van der Waals surface area contributed by atoms with Crippen LogP contribution >= 0.6 is 0 Å². The summed E-state index contributed by atoms with van der Waals surface area (Å²) in [5.41, 5.74) is 2.02. The van der Waals surface area contributed by atoms with E-state index in [1.54, 1.807) is 13.3 Å². The molecular formula is C21H18N4O2. The molecule has 0 saturated heterocycles. The first-order valence-corrected chi connectivity index (χ1v) is 8.50. The molecule has 0 fully saturated rings. The second kappa shape index (κ2) is 7.70. The number of benzene rings is 3. The van der Waals surface area contributed by atoms with Crippen LogP contribution in [0.5, 0.6) is 11.5 Å². The fraction of sp³-hybridized carbons (Fsp3) is 0.0952. The maximum Gasteiger partial charge on any atom is 0.161 e. The van der Waals surface area contributed by atoms with Gasteiger partial charge in [-0.25, -0.2) is 4.68 Å². The van der Waals surface area contributed by atoms with Gasteiger partial charge in [0.1, 0.15) is 19.3 Å². The van der Waals surface area contributed by atoms with Crippen LogP contribution in [0, 0.1) is 0 Å². The van der Waals surface area contributed by atoms with Crippen LogP contribution in [0.2, 0.25) is 0 Å². The molecule has 3 aromatic carbocycles. The highest BCUT2D eigenvalue weighted by molar-refractivity contribution is 5.85. The molecule has 0 unspecified atom stereocenters. The van der Waals surface area contributed by atoms with Crippen LogP contribution in [-0.4, -0.2) is 28.2 Å². The van der Waals surface area contributed by atoms with E-state index in [1.807, 2.05) is 36.4 Å². The van der Waals surface area contributed by atoms with E-state index in [-0.39, 0.29) is 0 Å². The maximum absolute atomic E-state index is 6.03. The van der Waals surface area contributed by atoms with Crippen molar-refractivity contribution in [3.05, 3.63) is 84.4 Å². The van der Waals surface area contributed by atoms with Gasteiger partial charge in [-0.1, -0.05) is 42.5 Å². The highest BCUT2D eigenvalue weighted by Crippen LogP contribution is 2.29. The molecule has 1 heterocycles. The lowest BCUT2D eigenvalue weighted by Gasteiger charge is -2.12. The van der Waals surface area contributed by atoms with E-state index in [0.29, 0.717) is 18.1 Å². The van der Waals surface area contributed by atoms with Crippen molar-refractivity contribution < 1.29 is 9.47 Å². The lowest BCUT2D eigenvalue weighted by molar-refractivity contribution is 0.285. The number of methoxy groups -OCH3 is 1. The summed E-state index contributed by atoms with van der Waals surface area (Å²) < 4.78 is 13.0. The van der Waals surface area contributed by atoms with E-state index in [0.717, 1.165) is 11.1 Å². The zero-order valence-corrected chi connectivity index (χ0v) is 14.8. The highest BCUT2D eigenvalue weighted by Gasteiger charge is 2.07. The number of rotatable bonds is 6. The summed E-state index contributed by atoms with van der Waals surface area (Å²) >= 11 is 0. The molecular weight excluding hydrogens is 340 g/mol. The smallest absolute Gasteiger partial charge is 0.161 e. The standard InChI is InChI=1S/C21H18N4O2/c1-26-21-11-16(12-24-25-14-22-23-15-25)9-10-20(21)27-13-18-7-4-6-17-5-2-3-8-19(17)18/h2-12,14-15H,13H2,1H3/b24-12-. The number of nitrogens with zero attached hydrogens (tertiary/aromatic N) is 4. The predicted octanol–water partition coefficient (Wildman–Crippen LogP) is 3.90. The molecule has 6 heteroatoms. The Morgan fingerprint density at radius 1 is 0.963 bits per heavy atom. The Kier molecular flexibility index (Phi) is 4.78. The molecule has 4 rings (SSSR count). The van der Waals surface area contributed by atoms with Gasteiger partial charge in [-0.3, -0.25) is 0 Å². The van der Waals surface area contributed by atoms with Crippen LogP contribution in [0.1, 0.15) is 11.1 Å². The maximum atomic E-state index is 6.03. The summed E-state index contributed by atoms with van der Waals surface area (Å²) in [4.78, 5) is 0. The first kappa shape index (κ1) is 16.8. The molecule has 6 nitrogen and oxygen atoms in total. The quantitative estimate of drug-likeness (QED) is 0.491. The molecule has 1 aromatic heterocycles. The predicted molar refractivity (Wildman–Crippen MR) is 104 cm³/mol. The van der Waals surface area contributed by atoms with Gasteiger partial charge in [0.2, 0.25) is 0 Å². The zero-order chi connectivity index (χ0) is 18.5. The van der Waals surface area contributed by atoms with Crippen LogP contribution in [-0.2, 0) is 6.61 Å². The lowest BCUT2D eigenvalue weighted by Crippen LogP contribution is -1.99. The molecule has 0 bridgehead atoms. The molecule has 0 aliphatic rings. The Hall–Kier alpha value is -3.67. The molecule has 0 N–H and O–H groups in total. The first-order chi connectivity index (χ1) is 13.3. The minimum Gasteiger partial charge on any atom is -0.493 e.